The minimum absolute atomic E-state index is 0.288. The first-order valence-electron chi connectivity index (χ1n) is 6.99. The van der Waals surface area contributed by atoms with Gasteiger partial charge in [-0.3, -0.25) is 9.59 Å². The maximum absolute atomic E-state index is 12.0. The Labute approximate surface area is 124 Å². The number of carbonyl (C=O) groups excluding carboxylic acids is 1. The molecule has 0 atom stereocenters. The summed E-state index contributed by atoms with van der Waals surface area (Å²) in [5.41, 5.74) is 0.791. The monoisotopic (exact) mass is 291 g/mol. The fourth-order valence-corrected chi connectivity index (χ4v) is 1.87. The third-order valence-electron chi connectivity index (χ3n) is 2.76. The van der Waals surface area contributed by atoms with Crippen LogP contribution in [0.5, 0.6) is 5.75 Å². The Hall–Kier alpha value is -2.30. The lowest BCUT2D eigenvalue weighted by atomic mass is 10.2. The Morgan fingerprint density at radius 3 is 2.62 bits per heavy atom. The van der Waals surface area contributed by atoms with Gasteiger partial charge in [0.05, 0.1) is 6.61 Å². The molecule has 1 N–H and O–H groups in total. The molecule has 21 heavy (non-hydrogen) atoms. The molecule has 1 amide bonds. The highest BCUT2D eigenvalue weighted by molar-refractivity contribution is 5.93. The number of benzene rings is 1. The predicted molar refractivity (Wildman–Crippen MR) is 81.2 cm³/mol. The molecule has 5 nitrogen and oxygen atoms in total. The van der Waals surface area contributed by atoms with Gasteiger partial charge in [0.25, 0.3) is 0 Å². The summed E-state index contributed by atoms with van der Waals surface area (Å²) in [6.45, 7) is 4.46. The largest absolute Gasteiger partial charge is 0.493 e. The van der Waals surface area contributed by atoms with Gasteiger partial charge >= 0.3 is 5.97 Å². The number of carboxylic acids is 1. The van der Waals surface area contributed by atoms with E-state index in [-0.39, 0.29) is 12.5 Å². The van der Waals surface area contributed by atoms with E-state index in [2.05, 4.69) is 0 Å². The number of carbonyl (C=O) groups is 2. The smallest absolute Gasteiger partial charge is 0.323 e. The van der Waals surface area contributed by atoms with Crippen LogP contribution in [0.15, 0.2) is 30.3 Å². The molecule has 0 aliphatic heterocycles. The summed E-state index contributed by atoms with van der Waals surface area (Å²) in [4.78, 5) is 24.1. The third-order valence-corrected chi connectivity index (χ3v) is 2.76. The molecule has 0 aliphatic carbocycles. The van der Waals surface area contributed by atoms with Gasteiger partial charge in [0.15, 0.2) is 0 Å². The molecule has 0 saturated heterocycles. The minimum atomic E-state index is -1.01. The lowest BCUT2D eigenvalue weighted by Crippen LogP contribution is -2.35. The van der Waals surface area contributed by atoms with Crippen molar-refractivity contribution < 1.29 is 19.4 Å². The Bertz CT molecular complexity index is 511. The Morgan fingerprint density at radius 1 is 1.29 bits per heavy atom. The first-order valence-corrected chi connectivity index (χ1v) is 6.99. The standard InChI is InChI=1S/C16H21NO4/c1-3-11-17(12-16(19)20)15(18)10-9-13-7-5-6-8-14(13)21-4-2/h5-10H,3-4,11-12H2,1-2H3,(H,19,20)/b10-9+. The summed E-state index contributed by atoms with van der Waals surface area (Å²) < 4.78 is 5.47. The zero-order valence-corrected chi connectivity index (χ0v) is 12.4. The van der Waals surface area contributed by atoms with Gasteiger partial charge in [-0.05, 0) is 25.5 Å². The Morgan fingerprint density at radius 2 is 2.00 bits per heavy atom. The van der Waals surface area contributed by atoms with Gasteiger partial charge in [-0.15, -0.1) is 0 Å². The van der Waals surface area contributed by atoms with Crippen molar-refractivity contribution in [2.45, 2.75) is 20.3 Å². The number of amides is 1. The van der Waals surface area contributed by atoms with E-state index in [0.717, 1.165) is 5.56 Å². The highest BCUT2D eigenvalue weighted by atomic mass is 16.5. The lowest BCUT2D eigenvalue weighted by molar-refractivity contribution is -0.142. The number of para-hydroxylation sites is 1. The van der Waals surface area contributed by atoms with E-state index in [1.807, 2.05) is 38.1 Å². The van der Waals surface area contributed by atoms with Crippen LogP contribution in [-0.4, -0.2) is 41.6 Å². The van der Waals surface area contributed by atoms with Crippen molar-refractivity contribution in [3.05, 3.63) is 35.9 Å². The van der Waals surface area contributed by atoms with Gasteiger partial charge in [0.2, 0.25) is 5.91 Å². The molecule has 0 fully saturated rings. The van der Waals surface area contributed by atoms with Crippen LogP contribution in [0.3, 0.4) is 0 Å². The van der Waals surface area contributed by atoms with Gasteiger partial charge < -0.3 is 14.7 Å². The second-order valence-corrected chi connectivity index (χ2v) is 4.46. The summed E-state index contributed by atoms with van der Waals surface area (Å²) in [5, 5.41) is 8.82. The molecule has 1 rings (SSSR count). The first-order chi connectivity index (χ1) is 10.1. The second kappa shape index (κ2) is 8.79. The van der Waals surface area contributed by atoms with Gasteiger partial charge in [-0.1, -0.05) is 25.1 Å². The molecule has 1 aromatic carbocycles. The zero-order chi connectivity index (χ0) is 15.7. The number of carboxylic acid groups (broad SMARTS) is 1. The quantitative estimate of drug-likeness (QED) is 0.747. The summed E-state index contributed by atoms with van der Waals surface area (Å²) in [5.74, 6) is -0.630. The first kappa shape index (κ1) is 16.8. The molecule has 1 aromatic rings. The van der Waals surface area contributed by atoms with Gasteiger partial charge in [-0.25, -0.2) is 0 Å². The van der Waals surface area contributed by atoms with Crippen molar-refractivity contribution in [1.82, 2.24) is 4.90 Å². The predicted octanol–water partition coefficient (Wildman–Crippen LogP) is 2.42. The molecule has 0 spiro atoms. The fourth-order valence-electron chi connectivity index (χ4n) is 1.87. The van der Waals surface area contributed by atoms with E-state index in [1.54, 1.807) is 6.08 Å². The number of hydrogen-bond acceptors (Lipinski definition) is 3. The zero-order valence-electron chi connectivity index (χ0n) is 12.4. The van der Waals surface area contributed by atoms with Crippen LogP contribution in [0, 0.1) is 0 Å². The maximum Gasteiger partial charge on any atom is 0.323 e. The lowest BCUT2D eigenvalue weighted by Gasteiger charge is -2.17. The molecule has 0 aromatic heterocycles. The van der Waals surface area contributed by atoms with Gasteiger partial charge in [0, 0.05) is 18.2 Å². The molecule has 5 heteroatoms. The van der Waals surface area contributed by atoms with Crippen molar-refractivity contribution in [3.8, 4) is 5.75 Å². The van der Waals surface area contributed by atoms with Crippen molar-refractivity contribution in [2.75, 3.05) is 19.7 Å². The average Bonchev–Trinajstić information content (AvgIpc) is 2.45. The van der Waals surface area contributed by atoms with E-state index in [9.17, 15) is 9.59 Å². The molecule has 0 saturated carbocycles. The number of rotatable bonds is 8. The normalized spacial score (nSPS) is 10.6. The summed E-state index contributed by atoms with van der Waals surface area (Å²) in [7, 11) is 0. The van der Waals surface area contributed by atoms with Gasteiger partial charge in [0.1, 0.15) is 12.3 Å². The number of hydrogen-bond donors (Lipinski definition) is 1. The van der Waals surface area contributed by atoms with E-state index in [1.165, 1.54) is 11.0 Å². The minimum Gasteiger partial charge on any atom is -0.493 e. The molecule has 0 bridgehead atoms. The third kappa shape index (κ3) is 5.69. The second-order valence-electron chi connectivity index (χ2n) is 4.46. The molecule has 0 radical (unpaired) electrons. The topological polar surface area (TPSA) is 66.8 Å². The van der Waals surface area contributed by atoms with E-state index in [4.69, 9.17) is 9.84 Å². The SMILES string of the molecule is CCCN(CC(=O)O)C(=O)/C=C/c1ccccc1OCC. The number of nitrogens with zero attached hydrogens (tertiary/aromatic N) is 1. The maximum atomic E-state index is 12.0. The highest BCUT2D eigenvalue weighted by Crippen LogP contribution is 2.19. The van der Waals surface area contributed by atoms with Crippen LogP contribution < -0.4 is 4.74 Å². The van der Waals surface area contributed by atoms with Crippen LogP contribution in [0.25, 0.3) is 6.08 Å². The van der Waals surface area contributed by atoms with Crippen molar-refractivity contribution in [1.29, 1.82) is 0 Å². The fraction of sp³-hybridized carbons (Fsp3) is 0.375. The Balaban J connectivity index is 2.82. The molecule has 0 heterocycles. The molecule has 0 unspecified atom stereocenters. The van der Waals surface area contributed by atoms with Crippen LogP contribution in [0.1, 0.15) is 25.8 Å². The molecule has 114 valence electrons. The van der Waals surface area contributed by atoms with Crippen molar-refractivity contribution in [3.63, 3.8) is 0 Å². The van der Waals surface area contributed by atoms with Crippen LogP contribution >= 0.6 is 0 Å². The van der Waals surface area contributed by atoms with Crippen molar-refractivity contribution in [2.24, 2.45) is 0 Å². The van der Waals surface area contributed by atoms with Crippen LogP contribution in [-0.2, 0) is 9.59 Å². The van der Waals surface area contributed by atoms with E-state index in [0.29, 0.717) is 25.3 Å². The molecular weight excluding hydrogens is 270 g/mol. The summed E-state index contributed by atoms with van der Waals surface area (Å²) in [6, 6.07) is 7.39. The van der Waals surface area contributed by atoms with Crippen LogP contribution in [0.4, 0.5) is 0 Å². The molecular formula is C16H21NO4. The highest BCUT2D eigenvalue weighted by Gasteiger charge is 2.13. The van der Waals surface area contributed by atoms with Crippen molar-refractivity contribution >= 4 is 18.0 Å². The van der Waals surface area contributed by atoms with E-state index < -0.39 is 5.97 Å². The summed E-state index contributed by atoms with van der Waals surface area (Å²) >= 11 is 0. The average molecular weight is 291 g/mol. The number of aliphatic carboxylic acids is 1. The Kier molecular flexibility index (Phi) is 7.01. The van der Waals surface area contributed by atoms with E-state index >= 15 is 0 Å². The molecule has 0 aliphatic rings. The summed E-state index contributed by atoms with van der Waals surface area (Å²) in [6.07, 6.45) is 3.75. The van der Waals surface area contributed by atoms with Gasteiger partial charge in [-0.2, -0.15) is 0 Å². The van der Waals surface area contributed by atoms with Crippen LogP contribution in [0.2, 0.25) is 0 Å². The number of ether oxygens (including phenoxy) is 1.